The number of nitrogens with zero attached hydrogens (tertiary/aromatic N) is 1. The first-order chi connectivity index (χ1) is 14.2. The average Bonchev–Trinajstić information content (AvgIpc) is 3.16. The van der Waals surface area contributed by atoms with Gasteiger partial charge in [0.2, 0.25) is 10.0 Å². The molecule has 0 bridgehead atoms. The summed E-state index contributed by atoms with van der Waals surface area (Å²) in [5.41, 5.74) is 1.36. The van der Waals surface area contributed by atoms with Gasteiger partial charge in [-0.25, -0.2) is 17.5 Å². The average molecular weight is 453 g/mol. The van der Waals surface area contributed by atoms with Crippen LogP contribution < -0.4 is 10.1 Å². The molecule has 0 radical (unpaired) electrons. The van der Waals surface area contributed by atoms with Gasteiger partial charge in [-0.15, -0.1) is 11.3 Å². The zero-order valence-electron chi connectivity index (χ0n) is 17.1. The SMILES string of the molecule is COc1ccc(S(=O)(=O)N(C)C)cc1NC(=O)COC(=O)c1cc2c(s1)CCCC2. The van der Waals surface area contributed by atoms with E-state index in [1.165, 1.54) is 61.2 Å². The highest BCUT2D eigenvalue weighted by atomic mass is 32.2. The Bertz CT molecular complexity index is 1040. The normalized spacial score (nSPS) is 13.6. The van der Waals surface area contributed by atoms with E-state index in [-0.39, 0.29) is 10.6 Å². The van der Waals surface area contributed by atoms with E-state index < -0.39 is 28.5 Å². The maximum atomic E-state index is 12.3. The number of sulfonamides is 1. The molecule has 1 aliphatic rings. The van der Waals surface area contributed by atoms with Crippen molar-refractivity contribution < 1.29 is 27.5 Å². The topological polar surface area (TPSA) is 102 Å². The second-order valence-electron chi connectivity index (χ2n) is 7.04. The molecule has 1 aromatic carbocycles. The number of aryl methyl sites for hydroxylation is 2. The van der Waals surface area contributed by atoms with Crippen LogP contribution >= 0.6 is 11.3 Å². The summed E-state index contributed by atoms with van der Waals surface area (Å²) < 4.78 is 36.1. The van der Waals surface area contributed by atoms with Crippen LogP contribution in [0.2, 0.25) is 0 Å². The molecule has 30 heavy (non-hydrogen) atoms. The van der Waals surface area contributed by atoms with Gasteiger partial charge in [-0.05, 0) is 55.5 Å². The molecule has 10 heteroatoms. The summed E-state index contributed by atoms with van der Waals surface area (Å²) in [4.78, 5) is 26.3. The van der Waals surface area contributed by atoms with Crippen molar-refractivity contribution in [3.63, 3.8) is 0 Å². The highest BCUT2D eigenvalue weighted by molar-refractivity contribution is 7.89. The molecule has 0 saturated heterocycles. The van der Waals surface area contributed by atoms with E-state index in [4.69, 9.17) is 9.47 Å². The molecule has 1 heterocycles. The third kappa shape index (κ3) is 4.82. The van der Waals surface area contributed by atoms with E-state index in [0.717, 1.165) is 30.0 Å². The Labute approximate surface area is 179 Å². The Kier molecular flexibility index (Phi) is 6.79. The molecular formula is C20H24N2O6S2. The molecule has 3 rings (SSSR count). The number of esters is 1. The van der Waals surface area contributed by atoms with E-state index in [9.17, 15) is 18.0 Å². The van der Waals surface area contributed by atoms with Crippen molar-refractivity contribution >= 4 is 38.9 Å². The Hall–Kier alpha value is -2.43. The molecule has 8 nitrogen and oxygen atoms in total. The van der Waals surface area contributed by atoms with Gasteiger partial charge in [0, 0.05) is 19.0 Å². The summed E-state index contributed by atoms with van der Waals surface area (Å²) in [6.07, 6.45) is 4.17. The van der Waals surface area contributed by atoms with Crippen LogP contribution in [-0.4, -0.2) is 52.4 Å². The number of anilines is 1. The number of rotatable bonds is 7. The number of fused-ring (bicyclic) bond motifs is 1. The van der Waals surface area contributed by atoms with Crippen LogP contribution in [0, 0.1) is 0 Å². The fourth-order valence-corrected chi connectivity index (χ4v) is 5.21. The van der Waals surface area contributed by atoms with Crippen LogP contribution in [0.3, 0.4) is 0 Å². The standard InChI is InChI=1S/C20H24N2O6S2/c1-22(2)30(25,26)14-8-9-16(27-3)15(11-14)21-19(23)12-28-20(24)18-10-13-6-4-5-7-17(13)29-18/h8-11H,4-7,12H2,1-3H3,(H,21,23). The summed E-state index contributed by atoms with van der Waals surface area (Å²) >= 11 is 1.41. The molecule has 0 atom stereocenters. The minimum Gasteiger partial charge on any atom is -0.495 e. The van der Waals surface area contributed by atoms with E-state index >= 15 is 0 Å². The maximum Gasteiger partial charge on any atom is 0.348 e. The molecular weight excluding hydrogens is 428 g/mol. The zero-order valence-corrected chi connectivity index (χ0v) is 18.7. The third-order valence-electron chi connectivity index (χ3n) is 4.76. The first-order valence-electron chi connectivity index (χ1n) is 9.41. The predicted octanol–water partition coefficient (Wildman–Crippen LogP) is 2.68. The highest BCUT2D eigenvalue weighted by Crippen LogP contribution is 2.30. The largest absolute Gasteiger partial charge is 0.495 e. The van der Waals surface area contributed by atoms with Crippen molar-refractivity contribution in [2.45, 2.75) is 30.6 Å². The van der Waals surface area contributed by atoms with Gasteiger partial charge in [-0.1, -0.05) is 0 Å². The van der Waals surface area contributed by atoms with Gasteiger partial charge in [-0.3, -0.25) is 4.79 Å². The molecule has 0 spiro atoms. The van der Waals surface area contributed by atoms with Crippen molar-refractivity contribution in [1.82, 2.24) is 4.31 Å². The molecule has 1 amide bonds. The lowest BCUT2D eigenvalue weighted by molar-refractivity contribution is -0.119. The highest BCUT2D eigenvalue weighted by Gasteiger charge is 2.21. The van der Waals surface area contributed by atoms with E-state index in [1.807, 2.05) is 6.07 Å². The van der Waals surface area contributed by atoms with Gasteiger partial charge in [0.25, 0.3) is 5.91 Å². The van der Waals surface area contributed by atoms with Crippen molar-refractivity contribution in [2.75, 3.05) is 33.1 Å². The third-order valence-corrected chi connectivity index (χ3v) is 7.78. The van der Waals surface area contributed by atoms with Gasteiger partial charge in [-0.2, -0.15) is 0 Å². The van der Waals surface area contributed by atoms with Crippen LogP contribution in [-0.2, 0) is 32.4 Å². The number of carbonyl (C=O) groups excluding carboxylic acids is 2. The number of amides is 1. The van der Waals surface area contributed by atoms with Gasteiger partial charge in [0.1, 0.15) is 10.6 Å². The Morgan fingerprint density at radius 3 is 2.57 bits per heavy atom. The summed E-state index contributed by atoms with van der Waals surface area (Å²) in [6, 6.07) is 6.00. The van der Waals surface area contributed by atoms with Gasteiger partial charge in [0.05, 0.1) is 17.7 Å². The fraction of sp³-hybridized carbons (Fsp3) is 0.400. The Balaban J connectivity index is 1.67. The Morgan fingerprint density at radius 1 is 1.17 bits per heavy atom. The number of benzene rings is 1. The van der Waals surface area contributed by atoms with E-state index in [1.54, 1.807) is 0 Å². The van der Waals surface area contributed by atoms with Crippen LogP contribution in [0.5, 0.6) is 5.75 Å². The van der Waals surface area contributed by atoms with Gasteiger partial charge in [0.15, 0.2) is 6.61 Å². The van der Waals surface area contributed by atoms with E-state index in [0.29, 0.717) is 10.6 Å². The van der Waals surface area contributed by atoms with Crippen molar-refractivity contribution in [2.24, 2.45) is 0 Å². The Morgan fingerprint density at radius 2 is 1.90 bits per heavy atom. The zero-order chi connectivity index (χ0) is 21.9. The lowest BCUT2D eigenvalue weighted by Gasteiger charge is -2.15. The van der Waals surface area contributed by atoms with Crippen LogP contribution in [0.4, 0.5) is 5.69 Å². The summed E-state index contributed by atoms with van der Waals surface area (Å²) in [7, 11) is 0.558. The quantitative estimate of drug-likeness (QED) is 0.648. The van der Waals surface area contributed by atoms with Crippen LogP contribution in [0.25, 0.3) is 0 Å². The second-order valence-corrected chi connectivity index (χ2v) is 10.3. The number of carbonyl (C=O) groups is 2. The summed E-state index contributed by atoms with van der Waals surface area (Å²) in [5, 5.41) is 2.55. The number of nitrogens with one attached hydrogen (secondary N) is 1. The van der Waals surface area contributed by atoms with Crippen molar-refractivity contribution in [3.05, 3.63) is 39.6 Å². The lowest BCUT2D eigenvalue weighted by Crippen LogP contribution is -2.23. The molecule has 1 aromatic heterocycles. The van der Waals surface area contributed by atoms with Gasteiger partial charge >= 0.3 is 5.97 Å². The molecule has 162 valence electrons. The van der Waals surface area contributed by atoms with E-state index in [2.05, 4.69) is 5.32 Å². The molecule has 0 unspecified atom stereocenters. The molecule has 1 N–H and O–H groups in total. The molecule has 0 saturated carbocycles. The first-order valence-corrected chi connectivity index (χ1v) is 11.7. The number of methoxy groups -OCH3 is 1. The summed E-state index contributed by atoms with van der Waals surface area (Å²) in [5.74, 6) is -0.846. The first kappa shape index (κ1) is 22.3. The number of hydrogen-bond acceptors (Lipinski definition) is 7. The molecule has 1 aliphatic carbocycles. The van der Waals surface area contributed by atoms with Crippen molar-refractivity contribution in [3.8, 4) is 5.75 Å². The minimum absolute atomic E-state index is 0.00441. The number of thiophene rings is 1. The van der Waals surface area contributed by atoms with Crippen molar-refractivity contribution in [1.29, 1.82) is 0 Å². The monoisotopic (exact) mass is 452 g/mol. The van der Waals surface area contributed by atoms with Gasteiger partial charge < -0.3 is 14.8 Å². The predicted molar refractivity (Wildman–Crippen MR) is 114 cm³/mol. The second kappa shape index (κ2) is 9.15. The lowest BCUT2D eigenvalue weighted by atomic mass is 9.99. The maximum absolute atomic E-state index is 12.3. The molecule has 0 aliphatic heterocycles. The van der Waals surface area contributed by atoms with Crippen LogP contribution in [0.15, 0.2) is 29.2 Å². The number of ether oxygens (including phenoxy) is 2. The fourth-order valence-electron chi connectivity index (χ4n) is 3.14. The smallest absolute Gasteiger partial charge is 0.348 e. The number of hydrogen-bond donors (Lipinski definition) is 1. The minimum atomic E-state index is -3.68. The molecule has 0 fully saturated rings. The van der Waals surface area contributed by atoms with Crippen LogP contribution in [0.1, 0.15) is 33.0 Å². The molecule has 2 aromatic rings. The summed E-state index contributed by atoms with van der Waals surface area (Å²) in [6.45, 7) is -0.491.